The second-order valence-electron chi connectivity index (χ2n) is 9.66. The van der Waals surface area contributed by atoms with Crippen LogP contribution >= 0.6 is 22.7 Å². The van der Waals surface area contributed by atoms with E-state index in [2.05, 4.69) is 0 Å². The summed E-state index contributed by atoms with van der Waals surface area (Å²) in [4.78, 5) is 36.0. The molecule has 3 aromatic heterocycles. The molecule has 1 aromatic carbocycles. The van der Waals surface area contributed by atoms with E-state index < -0.39 is 0 Å². The van der Waals surface area contributed by atoms with Gasteiger partial charge in [-0.15, -0.1) is 22.7 Å². The van der Waals surface area contributed by atoms with Crippen molar-refractivity contribution in [3.8, 4) is 11.5 Å². The fourth-order valence-electron chi connectivity index (χ4n) is 5.08. The number of anilines is 1. The molecule has 0 saturated heterocycles. The maximum absolute atomic E-state index is 13.5. The number of aliphatic hydroxyl groups is 1. The molecule has 0 unspecified atom stereocenters. The van der Waals surface area contributed by atoms with Gasteiger partial charge in [-0.2, -0.15) is 0 Å². The Morgan fingerprint density at radius 2 is 1.87 bits per heavy atom. The summed E-state index contributed by atoms with van der Waals surface area (Å²) in [5.41, 5.74) is 1.46. The standard InChI is InChI=1S/C29H33N3O4S2/c33-17-7-6-15-31(22-10-2-1-3-11-22)27(34)14-16-32(28(35)26-13-8-18-37-26)29-30-23(20-38-29)25-19-21-9-4-5-12-24(21)36-25/h4-5,8-9,12-13,18-20,22,33H,1-3,6-7,10-11,14-17H2. The second kappa shape index (κ2) is 12.7. The number of benzene rings is 1. The van der Waals surface area contributed by atoms with Crippen LogP contribution in [-0.4, -0.2) is 52.5 Å². The number of para-hydroxylation sites is 1. The van der Waals surface area contributed by atoms with Gasteiger partial charge in [-0.25, -0.2) is 4.98 Å². The van der Waals surface area contributed by atoms with Crippen LogP contribution in [0, 0.1) is 0 Å². The lowest BCUT2D eigenvalue weighted by molar-refractivity contribution is -0.134. The van der Waals surface area contributed by atoms with Crippen molar-refractivity contribution in [3.63, 3.8) is 0 Å². The van der Waals surface area contributed by atoms with E-state index in [1.807, 2.05) is 52.1 Å². The Morgan fingerprint density at radius 1 is 1.03 bits per heavy atom. The molecule has 2 amide bonds. The molecule has 1 aliphatic carbocycles. The van der Waals surface area contributed by atoms with Gasteiger partial charge in [-0.05, 0) is 49.3 Å². The molecule has 0 aliphatic heterocycles. The summed E-state index contributed by atoms with van der Waals surface area (Å²) >= 11 is 2.76. The molecule has 7 nitrogen and oxygen atoms in total. The number of fused-ring (bicyclic) bond motifs is 1. The number of aliphatic hydroxyl groups excluding tert-OH is 1. The third-order valence-corrected chi connectivity index (χ3v) is 8.79. The Morgan fingerprint density at radius 3 is 2.63 bits per heavy atom. The molecule has 0 radical (unpaired) electrons. The van der Waals surface area contributed by atoms with Crippen LogP contribution < -0.4 is 4.90 Å². The van der Waals surface area contributed by atoms with Crippen molar-refractivity contribution in [1.29, 1.82) is 0 Å². The molecule has 1 N–H and O–H groups in total. The minimum atomic E-state index is -0.150. The van der Waals surface area contributed by atoms with Crippen LogP contribution in [0.3, 0.4) is 0 Å². The normalized spacial score (nSPS) is 14.1. The number of aromatic nitrogens is 1. The van der Waals surface area contributed by atoms with Gasteiger partial charge in [-0.1, -0.05) is 43.5 Å². The summed E-state index contributed by atoms with van der Waals surface area (Å²) in [7, 11) is 0. The number of carbonyl (C=O) groups is 2. The fourth-order valence-corrected chi connectivity index (χ4v) is 6.59. The minimum Gasteiger partial charge on any atom is -0.454 e. The van der Waals surface area contributed by atoms with Gasteiger partial charge in [0.25, 0.3) is 5.91 Å². The van der Waals surface area contributed by atoms with Gasteiger partial charge < -0.3 is 14.4 Å². The number of carbonyl (C=O) groups excluding carboxylic acids is 2. The van der Waals surface area contributed by atoms with Crippen LogP contribution in [0.25, 0.3) is 22.4 Å². The van der Waals surface area contributed by atoms with Crippen molar-refractivity contribution in [2.24, 2.45) is 0 Å². The molecular formula is C29H33N3O4S2. The Labute approximate surface area is 230 Å². The summed E-state index contributed by atoms with van der Waals surface area (Å²) in [6.45, 7) is 1.04. The van der Waals surface area contributed by atoms with E-state index in [0.717, 1.165) is 43.1 Å². The average molecular weight is 552 g/mol. The van der Waals surface area contributed by atoms with Crippen LogP contribution in [0.15, 0.2) is 57.6 Å². The highest BCUT2D eigenvalue weighted by Crippen LogP contribution is 2.33. The van der Waals surface area contributed by atoms with Crippen molar-refractivity contribution < 1.29 is 19.1 Å². The molecule has 3 heterocycles. The van der Waals surface area contributed by atoms with E-state index in [1.54, 1.807) is 11.0 Å². The molecule has 1 aliphatic rings. The molecule has 1 saturated carbocycles. The molecule has 200 valence electrons. The predicted molar refractivity (Wildman–Crippen MR) is 153 cm³/mol. The van der Waals surface area contributed by atoms with Crippen molar-refractivity contribution in [3.05, 3.63) is 58.1 Å². The first-order valence-electron chi connectivity index (χ1n) is 13.3. The van der Waals surface area contributed by atoms with Gasteiger partial charge in [0.2, 0.25) is 5.91 Å². The number of thiophene rings is 1. The Kier molecular flexibility index (Phi) is 8.88. The molecule has 9 heteroatoms. The number of furan rings is 1. The summed E-state index contributed by atoms with van der Waals surface area (Å²) < 4.78 is 5.99. The van der Waals surface area contributed by atoms with Gasteiger partial charge in [0, 0.05) is 42.9 Å². The monoisotopic (exact) mass is 551 g/mol. The summed E-state index contributed by atoms with van der Waals surface area (Å²) in [5, 5.41) is 14.6. The van der Waals surface area contributed by atoms with Crippen molar-refractivity contribution in [2.75, 3.05) is 24.6 Å². The van der Waals surface area contributed by atoms with E-state index >= 15 is 0 Å². The van der Waals surface area contributed by atoms with Gasteiger partial charge >= 0.3 is 0 Å². The van der Waals surface area contributed by atoms with Crippen LogP contribution in [-0.2, 0) is 4.79 Å². The molecule has 5 rings (SSSR count). The molecule has 38 heavy (non-hydrogen) atoms. The highest BCUT2D eigenvalue weighted by atomic mass is 32.1. The largest absolute Gasteiger partial charge is 0.454 e. The summed E-state index contributed by atoms with van der Waals surface area (Å²) in [6, 6.07) is 13.7. The number of hydrogen-bond donors (Lipinski definition) is 1. The molecule has 1 fully saturated rings. The van der Waals surface area contributed by atoms with Gasteiger partial charge in [0.05, 0.1) is 4.88 Å². The molecule has 0 bridgehead atoms. The van der Waals surface area contributed by atoms with E-state index in [4.69, 9.17) is 9.40 Å². The predicted octanol–water partition coefficient (Wildman–Crippen LogP) is 6.59. The first-order valence-corrected chi connectivity index (χ1v) is 15.1. The van der Waals surface area contributed by atoms with E-state index in [1.165, 1.54) is 29.1 Å². The van der Waals surface area contributed by atoms with Crippen molar-refractivity contribution in [2.45, 2.75) is 57.4 Å². The summed E-state index contributed by atoms with van der Waals surface area (Å²) in [5.74, 6) is 0.566. The number of unbranched alkanes of at least 4 members (excludes halogenated alkanes) is 1. The van der Waals surface area contributed by atoms with E-state index in [9.17, 15) is 14.7 Å². The third kappa shape index (κ3) is 6.17. The number of hydrogen-bond acceptors (Lipinski definition) is 7. The molecule has 0 atom stereocenters. The maximum atomic E-state index is 13.5. The third-order valence-electron chi connectivity index (χ3n) is 7.07. The lowest BCUT2D eigenvalue weighted by Gasteiger charge is -2.35. The van der Waals surface area contributed by atoms with Crippen LogP contribution in [0.4, 0.5) is 5.13 Å². The van der Waals surface area contributed by atoms with Gasteiger partial charge in [-0.3, -0.25) is 14.5 Å². The van der Waals surface area contributed by atoms with Gasteiger partial charge in [0.1, 0.15) is 11.3 Å². The average Bonchev–Trinajstić information content (AvgIpc) is 3.72. The van der Waals surface area contributed by atoms with Crippen LogP contribution in [0.5, 0.6) is 0 Å². The second-order valence-corrected chi connectivity index (χ2v) is 11.4. The first-order chi connectivity index (χ1) is 18.6. The Hall–Kier alpha value is -3.01. The number of thiazole rings is 1. The summed E-state index contributed by atoms with van der Waals surface area (Å²) in [6.07, 6.45) is 7.24. The maximum Gasteiger partial charge on any atom is 0.270 e. The lowest BCUT2D eigenvalue weighted by Crippen LogP contribution is -2.44. The molecule has 4 aromatic rings. The van der Waals surface area contributed by atoms with Crippen LogP contribution in [0.2, 0.25) is 0 Å². The van der Waals surface area contributed by atoms with Crippen LogP contribution in [0.1, 0.15) is 61.0 Å². The zero-order valence-corrected chi connectivity index (χ0v) is 23.0. The smallest absolute Gasteiger partial charge is 0.270 e. The first kappa shape index (κ1) is 26.6. The topological polar surface area (TPSA) is 86.9 Å². The van der Waals surface area contributed by atoms with E-state index in [-0.39, 0.29) is 37.4 Å². The zero-order valence-electron chi connectivity index (χ0n) is 21.4. The number of nitrogens with zero attached hydrogens (tertiary/aromatic N) is 3. The Balaban J connectivity index is 1.35. The van der Waals surface area contributed by atoms with Gasteiger partial charge in [0.15, 0.2) is 10.9 Å². The van der Waals surface area contributed by atoms with Crippen molar-refractivity contribution >= 4 is 50.6 Å². The zero-order chi connectivity index (χ0) is 26.3. The molecular weight excluding hydrogens is 518 g/mol. The quantitative estimate of drug-likeness (QED) is 0.213. The van der Waals surface area contributed by atoms with E-state index in [0.29, 0.717) is 34.4 Å². The highest BCUT2D eigenvalue weighted by molar-refractivity contribution is 7.14. The highest BCUT2D eigenvalue weighted by Gasteiger charge is 2.28. The SMILES string of the molecule is O=C(c1cccs1)N(CCC(=O)N(CCCCO)C1CCCCC1)c1nc(-c2cc3ccccc3o2)cs1. The molecule has 0 spiro atoms. The number of rotatable bonds is 11. The minimum absolute atomic E-state index is 0.0629. The fraction of sp³-hybridized carbons (Fsp3) is 0.414. The lowest BCUT2D eigenvalue weighted by atomic mass is 9.93. The number of amides is 2. The Bertz CT molecular complexity index is 1310. The van der Waals surface area contributed by atoms with Crippen molar-refractivity contribution in [1.82, 2.24) is 9.88 Å².